The lowest BCUT2D eigenvalue weighted by Gasteiger charge is -2.25. The van der Waals surface area contributed by atoms with Crippen LogP contribution in [0.5, 0.6) is 0 Å². The topological polar surface area (TPSA) is 38.7 Å². The molecular formula is C10H9N2O-. The van der Waals surface area contributed by atoms with Crippen molar-refractivity contribution >= 4 is 6.34 Å². The summed E-state index contributed by atoms with van der Waals surface area (Å²) in [6.45, 7) is 0. The third kappa shape index (κ3) is 1.76. The van der Waals surface area contributed by atoms with Crippen molar-refractivity contribution < 1.29 is 0 Å². The minimum absolute atomic E-state index is 0.00796. The fourth-order valence-electron chi connectivity index (χ4n) is 1.24. The Morgan fingerprint density at radius 2 is 2.00 bits per heavy atom. The van der Waals surface area contributed by atoms with Gasteiger partial charge >= 0.3 is 0 Å². The highest BCUT2D eigenvalue weighted by Gasteiger charge is 2.06. The number of aliphatic imine (C=N–C) groups is 1. The molecule has 0 saturated heterocycles. The largest absolute Gasteiger partial charge is 0.754 e. The Hall–Kier alpha value is -1.61. The van der Waals surface area contributed by atoms with Crippen LogP contribution in [-0.4, -0.2) is 11.4 Å². The minimum Gasteiger partial charge on any atom is -0.754 e. The number of hydroxylamine groups is 2. The van der Waals surface area contributed by atoms with Crippen molar-refractivity contribution in [3.8, 4) is 0 Å². The molecule has 0 bridgehead atoms. The predicted octanol–water partition coefficient (Wildman–Crippen LogP) is 2.08. The molecule has 1 aromatic rings. The number of benzene rings is 1. The third-order valence-corrected chi connectivity index (χ3v) is 1.90. The zero-order chi connectivity index (χ0) is 9.10. The number of hydrogen-bond acceptors (Lipinski definition) is 3. The molecule has 0 aromatic heterocycles. The van der Waals surface area contributed by atoms with Crippen LogP contribution in [0.2, 0.25) is 0 Å². The van der Waals surface area contributed by atoms with E-state index < -0.39 is 0 Å². The van der Waals surface area contributed by atoms with Gasteiger partial charge in [-0.2, -0.15) is 0 Å². The van der Waals surface area contributed by atoms with Crippen LogP contribution >= 0.6 is 0 Å². The highest BCUT2D eigenvalue weighted by Crippen LogP contribution is 2.20. The smallest absolute Gasteiger partial charge is 0.0964 e. The number of hydrogen-bond donors (Lipinski definition) is 0. The Kier molecular flexibility index (Phi) is 2.10. The first-order chi connectivity index (χ1) is 6.36. The Morgan fingerprint density at radius 1 is 1.23 bits per heavy atom. The minimum atomic E-state index is -0.00796. The van der Waals surface area contributed by atoms with Crippen molar-refractivity contribution in [3.05, 3.63) is 53.4 Å². The van der Waals surface area contributed by atoms with Crippen LogP contribution < -0.4 is 0 Å². The maximum absolute atomic E-state index is 10.7. The Morgan fingerprint density at radius 3 is 2.62 bits per heavy atom. The molecule has 0 aliphatic carbocycles. The maximum Gasteiger partial charge on any atom is 0.0964 e. The molecule has 1 aliphatic rings. The van der Waals surface area contributed by atoms with Gasteiger partial charge in [0.1, 0.15) is 0 Å². The van der Waals surface area contributed by atoms with Crippen molar-refractivity contribution in [1.29, 1.82) is 0 Å². The quantitative estimate of drug-likeness (QED) is 0.652. The van der Waals surface area contributed by atoms with Gasteiger partial charge in [0, 0.05) is 0 Å². The molecule has 0 fully saturated rings. The second-order valence-corrected chi connectivity index (χ2v) is 2.82. The second kappa shape index (κ2) is 3.41. The lowest BCUT2D eigenvalue weighted by Crippen LogP contribution is -2.10. The highest BCUT2D eigenvalue weighted by atomic mass is 16.5. The molecule has 0 spiro atoms. The normalized spacial score (nSPS) is 20.7. The SMILES string of the molecule is [O-]N1C=CC(c2ccccc2)N=C1. The molecule has 13 heavy (non-hydrogen) atoms. The summed E-state index contributed by atoms with van der Waals surface area (Å²) in [4.78, 5) is 4.08. The Labute approximate surface area is 76.6 Å². The van der Waals surface area contributed by atoms with Crippen LogP contribution in [0.1, 0.15) is 11.6 Å². The third-order valence-electron chi connectivity index (χ3n) is 1.90. The molecule has 66 valence electrons. The molecule has 1 unspecified atom stereocenters. The molecule has 0 amide bonds. The summed E-state index contributed by atoms with van der Waals surface area (Å²) in [5.74, 6) is 0. The molecular weight excluding hydrogens is 164 g/mol. The molecule has 1 aromatic carbocycles. The predicted molar refractivity (Wildman–Crippen MR) is 52.0 cm³/mol. The van der Waals surface area contributed by atoms with E-state index in [1.54, 1.807) is 6.08 Å². The van der Waals surface area contributed by atoms with Gasteiger partial charge in [-0.25, -0.2) is 0 Å². The molecule has 1 heterocycles. The average molecular weight is 173 g/mol. The summed E-state index contributed by atoms with van der Waals surface area (Å²) in [5.41, 5.74) is 1.10. The Balaban J connectivity index is 2.20. The van der Waals surface area contributed by atoms with Crippen LogP contribution in [-0.2, 0) is 0 Å². The molecule has 3 heteroatoms. The number of nitrogens with zero attached hydrogens (tertiary/aromatic N) is 2. The van der Waals surface area contributed by atoms with Crippen molar-refractivity contribution in [2.45, 2.75) is 6.04 Å². The lowest BCUT2D eigenvalue weighted by atomic mass is 10.1. The van der Waals surface area contributed by atoms with Crippen LogP contribution in [0, 0.1) is 5.21 Å². The van der Waals surface area contributed by atoms with E-state index in [2.05, 4.69) is 4.99 Å². The van der Waals surface area contributed by atoms with E-state index in [1.165, 1.54) is 12.5 Å². The first-order valence-corrected chi connectivity index (χ1v) is 4.08. The second-order valence-electron chi connectivity index (χ2n) is 2.82. The van der Waals surface area contributed by atoms with Gasteiger partial charge < -0.3 is 10.3 Å². The van der Waals surface area contributed by atoms with Crippen molar-refractivity contribution in [2.24, 2.45) is 4.99 Å². The van der Waals surface area contributed by atoms with Crippen LogP contribution in [0.4, 0.5) is 0 Å². The summed E-state index contributed by atoms with van der Waals surface area (Å²) in [6, 6.07) is 9.86. The van der Waals surface area contributed by atoms with E-state index in [0.29, 0.717) is 5.06 Å². The number of rotatable bonds is 1. The van der Waals surface area contributed by atoms with Gasteiger partial charge in [-0.3, -0.25) is 4.99 Å². The van der Waals surface area contributed by atoms with E-state index in [4.69, 9.17) is 0 Å². The molecule has 2 rings (SSSR count). The van der Waals surface area contributed by atoms with Gasteiger partial charge in [-0.15, -0.1) is 0 Å². The summed E-state index contributed by atoms with van der Waals surface area (Å²) >= 11 is 0. The fourth-order valence-corrected chi connectivity index (χ4v) is 1.24. The van der Waals surface area contributed by atoms with E-state index in [1.807, 2.05) is 30.3 Å². The summed E-state index contributed by atoms with van der Waals surface area (Å²) in [5, 5.41) is 11.4. The molecule has 0 saturated carbocycles. The van der Waals surface area contributed by atoms with Gasteiger partial charge in [-0.05, 0) is 17.8 Å². The monoisotopic (exact) mass is 173 g/mol. The van der Waals surface area contributed by atoms with Gasteiger partial charge in [0.2, 0.25) is 0 Å². The summed E-state index contributed by atoms with van der Waals surface area (Å²) in [7, 11) is 0. The highest BCUT2D eigenvalue weighted by molar-refractivity contribution is 5.59. The first kappa shape index (κ1) is 8.01. The average Bonchev–Trinajstić information content (AvgIpc) is 2.20. The lowest BCUT2D eigenvalue weighted by molar-refractivity contribution is 0.725. The van der Waals surface area contributed by atoms with Crippen molar-refractivity contribution in [2.75, 3.05) is 0 Å². The van der Waals surface area contributed by atoms with Crippen molar-refractivity contribution in [1.82, 2.24) is 5.06 Å². The van der Waals surface area contributed by atoms with E-state index >= 15 is 0 Å². The summed E-state index contributed by atoms with van der Waals surface area (Å²) in [6.07, 6.45) is 4.55. The fraction of sp³-hybridized carbons (Fsp3) is 0.100. The van der Waals surface area contributed by atoms with Crippen LogP contribution in [0.15, 0.2) is 47.6 Å². The molecule has 3 nitrogen and oxygen atoms in total. The first-order valence-electron chi connectivity index (χ1n) is 4.08. The van der Waals surface area contributed by atoms with Crippen LogP contribution in [0.25, 0.3) is 0 Å². The molecule has 0 radical (unpaired) electrons. The standard InChI is InChI=1S/C10H9N2O/c13-12-7-6-10(11-8-12)9-4-2-1-3-5-9/h1-8,10H/q-1. The summed E-state index contributed by atoms with van der Waals surface area (Å²) < 4.78 is 0. The van der Waals surface area contributed by atoms with Crippen molar-refractivity contribution in [3.63, 3.8) is 0 Å². The zero-order valence-corrected chi connectivity index (χ0v) is 7.00. The van der Waals surface area contributed by atoms with E-state index in [-0.39, 0.29) is 6.04 Å². The van der Waals surface area contributed by atoms with Gasteiger partial charge in [-0.1, -0.05) is 30.3 Å². The van der Waals surface area contributed by atoms with Crippen LogP contribution in [0.3, 0.4) is 0 Å². The zero-order valence-electron chi connectivity index (χ0n) is 7.00. The van der Waals surface area contributed by atoms with E-state index in [0.717, 1.165) is 5.56 Å². The van der Waals surface area contributed by atoms with Gasteiger partial charge in [0.15, 0.2) is 0 Å². The van der Waals surface area contributed by atoms with Gasteiger partial charge in [0.25, 0.3) is 0 Å². The van der Waals surface area contributed by atoms with E-state index in [9.17, 15) is 5.21 Å². The Bertz CT molecular complexity index is 318. The molecule has 1 aliphatic heterocycles. The molecule has 0 N–H and O–H groups in total. The maximum atomic E-state index is 10.7. The molecule has 1 atom stereocenters. The van der Waals surface area contributed by atoms with Gasteiger partial charge in [0.05, 0.1) is 12.4 Å².